The number of likely N-dealkylation sites (N-methyl/N-ethyl adjacent to an activating group) is 2. The first-order valence-electron chi connectivity index (χ1n) is 9.96. The lowest BCUT2D eigenvalue weighted by molar-refractivity contribution is -0.127. The molecule has 1 aliphatic heterocycles. The van der Waals surface area contributed by atoms with E-state index in [1.807, 2.05) is 18.2 Å². The fraction of sp³-hybridized carbons (Fsp3) is 0.364. The number of carbonyl (C=O) groups is 2. The zero-order valence-corrected chi connectivity index (χ0v) is 19.1. The summed E-state index contributed by atoms with van der Waals surface area (Å²) in [6, 6.07) is 14.8. The van der Waals surface area contributed by atoms with Gasteiger partial charge >= 0.3 is 0 Å². The van der Waals surface area contributed by atoms with Gasteiger partial charge in [0.2, 0.25) is 11.8 Å². The topological polar surface area (TPSA) is 86.8 Å². The maximum atomic E-state index is 13.4. The zero-order chi connectivity index (χ0) is 22.6. The number of para-hydroxylation sites is 1. The van der Waals surface area contributed by atoms with Crippen molar-refractivity contribution in [2.75, 3.05) is 37.0 Å². The predicted octanol–water partition coefficient (Wildman–Crippen LogP) is 2.28. The Morgan fingerprint density at radius 2 is 1.77 bits per heavy atom. The lowest BCUT2D eigenvalue weighted by atomic mass is 10.0. The van der Waals surface area contributed by atoms with E-state index in [4.69, 9.17) is 11.6 Å². The number of amides is 2. The van der Waals surface area contributed by atoms with Crippen molar-refractivity contribution in [3.05, 3.63) is 65.2 Å². The van der Waals surface area contributed by atoms with Crippen LogP contribution in [0.3, 0.4) is 0 Å². The van der Waals surface area contributed by atoms with E-state index in [1.165, 1.54) is 0 Å². The zero-order valence-electron chi connectivity index (χ0n) is 17.5. The van der Waals surface area contributed by atoms with Gasteiger partial charge in [0.25, 0.3) is 0 Å². The van der Waals surface area contributed by atoms with Gasteiger partial charge in [-0.05, 0) is 43.3 Å². The Bertz CT molecular complexity index is 1030. The number of anilines is 1. The molecule has 2 amide bonds. The average molecular weight is 464 g/mol. The number of nitrogens with one attached hydrogen (secondary N) is 1. The smallest absolute Gasteiger partial charge is 0.241 e. The average Bonchev–Trinajstić information content (AvgIpc) is 3.09. The molecule has 0 bridgehead atoms. The molecule has 0 spiro atoms. The highest BCUT2D eigenvalue weighted by Gasteiger charge is 2.36. The predicted molar refractivity (Wildman–Crippen MR) is 122 cm³/mol. The van der Waals surface area contributed by atoms with E-state index < -0.39 is 21.9 Å². The van der Waals surface area contributed by atoms with Crippen LogP contribution in [0.15, 0.2) is 54.6 Å². The van der Waals surface area contributed by atoms with Gasteiger partial charge in [-0.2, -0.15) is 0 Å². The first-order chi connectivity index (χ1) is 14.7. The Morgan fingerprint density at radius 1 is 1.13 bits per heavy atom. The molecular weight excluding hydrogens is 438 g/mol. The second-order valence-corrected chi connectivity index (χ2v) is 10.3. The van der Waals surface area contributed by atoms with Gasteiger partial charge in [-0.1, -0.05) is 41.9 Å². The maximum absolute atomic E-state index is 13.4. The molecule has 0 saturated carbocycles. The maximum Gasteiger partial charge on any atom is 0.241 e. The number of rotatable bonds is 7. The van der Waals surface area contributed by atoms with Crippen molar-refractivity contribution in [3.63, 3.8) is 0 Å². The Labute approximate surface area is 187 Å². The van der Waals surface area contributed by atoms with Gasteiger partial charge in [-0.3, -0.25) is 14.5 Å². The van der Waals surface area contributed by atoms with Crippen molar-refractivity contribution in [2.45, 2.75) is 18.5 Å². The highest BCUT2D eigenvalue weighted by Crippen LogP contribution is 2.26. The molecule has 1 heterocycles. The van der Waals surface area contributed by atoms with Crippen LogP contribution in [0.2, 0.25) is 5.02 Å². The van der Waals surface area contributed by atoms with Crippen molar-refractivity contribution in [1.82, 2.24) is 10.2 Å². The summed E-state index contributed by atoms with van der Waals surface area (Å²) in [6.07, 6.45) is 0.392. The first kappa shape index (κ1) is 23.2. The summed E-state index contributed by atoms with van der Waals surface area (Å²) < 4.78 is 24.1. The fourth-order valence-corrected chi connectivity index (χ4v) is 5.72. The molecule has 9 heteroatoms. The van der Waals surface area contributed by atoms with Crippen LogP contribution in [0.1, 0.15) is 18.0 Å². The molecule has 1 N–H and O–H groups in total. The minimum absolute atomic E-state index is 0.0621. The molecular formula is C22H26ClN3O4S. The van der Waals surface area contributed by atoms with Gasteiger partial charge in [0.1, 0.15) is 6.04 Å². The first-order valence-corrected chi connectivity index (χ1v) is 12.2. The molecule has 2 aromatic carbocycles. The number of sulfone groups is 1. The molecule has 0 aliphatic carbocycles. The summed E-state index contributed by atoms with van der Waals surface area (Å²) in [7, 11) is 0.0623. The molecule has 0 aromatic heterocycles. The van der Waals surface area contributed by atoms with Crippen LogP contribution in [0, 0.1) is 0 Å². The van der Waals surface area contributed by atoms with Crippen LogP contribution in [-0.2, 0) is 19.4 Å². The van der Waals surface area contributed by atoms with E-state index in [9.17, 15) is 18.0 Å². The molecule has 2 atom stereocenters. The van der Waals surface area contributed by atoms with E-state index in [-0.39, 0.29) is 29.9 Å². The number of carbonyl (C=O) groups excluding carboxylic acids is 2. The summed E-state index contributed by atoms with van der Waals surface area (Å²) in [6.45, 7) is -0.0633. The third-order valence-corrected chi connectivity index (χ3v) is 7.38. The third-order valence-electron chi connectivity index (χ3n) is 5.38. The standard InChI is InChI=1S/C22H26ClN3O4S/c1-24-22(28)21(16-8-10-17(23)11-9-16)25(2)14-20(27)26(18-6-4-3-5-7-18)19-12-13-31(29,30)15-19/h3-11,19,21H,12-15H2,1-2H3,(H,24,28). The summed E-state index contributed by atoms with van der Waals surface area (Å²) >= 11 is 5.97. The highest BCUT2D eigenvalue weighted by molar-refractivity contribution is 7.91. The fourth-order valence-electron chi connectivity index (χ4n) is 3.89. The Hall–Kier alpha value is -2.42. The normalized spacial score (nSPS) is 18.5. The van der Waals surface area contributed by atoms with Crippen LogP contribution < -0.4 is 10.2 Å². The summed E-state index contributed by atoms with van der Waals surface area (Å²) in [5, 5.41) is 3.19. The van der Waals surface area contributed by atoms with Crippen molar-refractivity contribution in [2.24, 2.45) is 0 Å². The largest absolute Gasteiger partial charge is 0.358 e. The molecule has 31 heavy (non-hydrogen) atoms. The van der Waals surface area contributed by atoms with Crippen molar-refractivity contribution >= 4 is 38.9 Å². The molecule has 7 nitrogen and oxygen atoms in total. The van der Waals surface area contributed by atoms with Gasteiger partial charge in [-0.15, -0.1) is 0 Å². The van der Waals surface area contributed by atoms with Crippen LogP contribution >= 0.6 is 11.6 Å². The minimum Gasteiger partial charge on any atom is -0.358 e. The van der Waals surface area contributed by atoms with Gasteiger partial charge in [-0.25, -0.2) is 8.42 Å². The molecule has 3 rings (SSSR count). The lowest BCUT2D eigenvalue weighted by Gasteiger charge is -2.32. The number of hydrogen-bond acceptors (Lipinski definition) is 5. The van der Waals surface area contributed by atoms with E-state index in [0.717, 1.165) is 0 Å². The van der Waals surface area contributed by atoms with Crippen molar-refractivity contribution in [3.8, 4) is 0 Å². The van der Waals surface area contributed by atoms with Gasteiger partial charge in [0.15, 0.2) is 9.84 Å². The number of benzene rings is 2. The Morgan fingerprint density at radius 3 is 2.32 bits per heavy atom. The number of nitrogens with zero attached hydrogens (tertiary/aromatic N) is 2. The van der Waals surface area contributed by atoms with Gasteiger partial charge < -0.3 is 10.2 Å². The Kier molecular flexibility index (Phi) is 7.35. The Balaban J connectivity index is 1.87. The van der Waals surface area contributed by atoms with Crippen LogP contribution in [-0.4, -0.2) is 63.3 Å². The van der Waals surface area contributed by atoms with Gasteiger partial charge in [0.05, 0.1) is 24.1 Å². The molecule has 166 valence electrons. The SMILES string of the molecule is CNC(=O)C(c1ccc(Cl)cc1)N(C)CC(=O)N(c1ccccc1)C1CCS(=O)(=O)C1. The monoisotopic (exact) mass is 463 g/mol. The summed E-state index contributed by atoms with van der Waals surface area (Å²) in [4.78, 5) is 29.2. The van der Waals surface area contributed by atoms with E-state index in [2.05, 4.69) is 5.32 Å². The van der Waals surface area contributed by atoms with Crippen molar-refractivity contribution < 1.29 is 18.0 Å². The minimum atomic E-state index is -3.18. The molecule has 2 aromatic rings. The quantitative estimate of drug-likeness (QED) is 0.680. The van der Waals surface area contributed by atoms with Crippen LogP contribution in [0.25, 0.3) is 0 Å². The summed E-state index contributed by atoms with van der Waals surface area (Å²) in [5.41, 5.74) is 1.35. The third kappa shape index (κ3) is 5.64. The van der Waals surface area contributed by atoms with Crippen molar-refractivity contribution in [1.29, 1.82) is 0 Å². The second kappa shape index (κ2) is 9.80. The van der Waals surface area contributed by atoms with E-state index >= 15 is 0 Å². The second-order valence-electron chi connectivity index (χ2n) is 7.64. The molecule has 1 saturated heterocycles. The molecule has 2 unspecified atom stereocenters. The number of halogens is 1. The highest BCUT2D eigenvalue weighted by atomic mass is 35.5. The van der Waals surface area contributed by atoms with Crippen LogP contribution in [0.4, 0.5) is 5.69 Å². The molecule has 1 fully saturated rings. The number of hydrogen-bond donors (Lipinski definition) is 1. The van der Waals surface area contributed by atoms with E-state index in [0.29, 0.717) is 22.7 Å². The van der Waals surface area contributed by atoms with Crippen LogP contribution in [0.5, 0.6) is 0 Å². The molecule has 0 radical (unpaired) electrons. The lowest BCUT2D eigenvalue weighted by Crippen LogP contribution is -2.48. The van der Waals surface area contributed by atoms with E-state index in [1.54, 1.807) is 60.3 Å². The molecule has 1 aliphatic rings. The summed E-state index contributed by atoms with van der Waals surface area (Å²) in [5.74, 6) is -0.519. The van der Waals surface area contributed by atoms with Gasteiger partial charge in [0, 0.05) is 17.8 Å².